The Morgan fingerprint density at radius 1 is 1.16 bits per heavy atom. The highest BCUT2D eigenvalue weighted by Crippen LogP contribution is 2.32. The van der Waals surface area contributed by atoms with Crippen molar-refractivity contribution in [2.75, 3.05) is 25.4 Å². The summed E-state index contributed by atoms with van der Waals surface area (Å²) >= 11 is 3.34. The van der Waals surface area contributed by atoms with Crippen molar-refractivity contribution in [2.24, 2.45) is 7.05 Å². The van der Waals surface area contributed by atoms with E-state index in [1.165, 1.54) is 12.1 Å². The summed E-state index contributed by atoms with van der Waals surface area (Å²) in [7, 11) is 1.99. The Hall–Kier alpha value is -2.10. The summed E-state index contributed by atoms with van der Waals surface area (Å²) in [5, 5.41) is 13.6. The van der Waals surface area contributed by atoms with Crippen LogP contribution in [0.25, 0.3) is 17.0 Å². The van der Waals surface area contributed by atoms with Crippen LogP contribution < -0.4 is 0 Å². The maximum atomic E-state index is 13.0. The quantitative estimate of drug-likeness (QED) is 0.325. The first-order valence-electron chi connectivity index (χ1n) is 10.1. The molecule has 1 aliphatic heterocycles. The predicted molar refractivity (Wildman–Crippen MR) is 120 cm³/mol. The molecule has 4 nitrogen and oxygen atoms in total. The van der Waals surface area contributed by atoms with Crippen molar-refractivity contribution in [1.82, 2.24) is 19.7 Å². The summed E-state index contributed by atoms with van der Waals surface area (Å²) in [6, 6.07) is 7.67. The van der Waals surface area contributed by atoms with Crippen LogP contribution >= 0.6 is 23.1 Å². The minimum Gasteiger partial charge on any atom is -0.305 e. The normalized spacial score (nSPS) is 15.3. The minimum absolute atomic E-state index is 0.587. The van der Waals surface area contributed by atoms with Gasteiger partial charge in [0.2, 0.25) is 0 Å². The number of nitrogens with zero attached hydrogens (tertiary/aromatic N) is 4. The molecule has 0 unspecified atom stereocenters. The molecule has 0 fully saturated rings. The highest BCUT2D eigenvalue weighted by atomic mass is 32.2. The number of halogens is 3. The SMILES string of the molecule is Cn1c(SCCCN2CC=C(c3cccc(C(F)(F)F)c3)CC2)nnc1-c1ccsc1. The van der Waals surface area contributed by atoms with Gasteiger partial charge in [-0.3, -0.25) is 4.90 Å². The largest absolute Gasteiger partial charge is 0.416 e. The van der Waals surface area contributed by atoms with E-state index in [-0.39, 0.29) is 0 Å². The van der Waals surface area contributed by atoms with Gasteiger partial charge in [-0.05, 0) is 54.1 Å². The minimum atomic E-state index is -4.30. The molecule has 0 amide bonds. The molecule has 0 radical (unpaired) electrons. The van der Waals surface area contributed by atoms with Gasteiger partial charge in [0.15, 0.2) is 11.0 Å². The van der Waals surface area contributed by atoms with Gasteiger partial charge in [0.1, 0.15) is 0 Å². The summed E-state index contributed by atoms with van der Waals surface area (Å²) in [6.07, 6.45) is -0.468. The second-order valence-corrected chi connectivity index (χ2v) is 9.28. The zero-order valence-corrected chi connectivity index (χ0v) is 18.7. The van der Waals surface area contributed by atoms with Crippen LogP contribution in [0.3, 0.4) is 0 Å². The van der Waals surface area contributed by atoms with Crippen LogP contribution in [0.2, 0.25) is 0 Å². The van der Waals surface area contributed by atoms with E-state index in [1.54, 1.807) is 29.2 Å². The first-order valence-corrected chi connectivity index (χ1v) is 12.0. The molecule has 0 spiro atoms. The standard InChI is InChI=1S/C22H23F3N4S2/c1-28-20(18-8-13-30-15-18)26-27-21(28)31-12-3-9-29-10-6-16(7-11-29)17-4-2-5-19(14-17)22(23,24)25/h2,4-6,8,13-15H,3,7,9-12H2,1H3. The Labute approximate surface area is 187 Å². The number of hydrogen-bond acceptors (Lipinski definition) is 5. The number of rotatable bonds is 7. The topological polar surface area (TPSA) is 34.0 Å². The van der Waals surface area contributed by atoms with E-state index in [9.17, 15) is 13.2 Å². The fourth-order valence-corrected chi connectivity index (χ4v) is 5.08. The zero-order valence-electron chi connectivity index (χ0n) is 17.1. The van der Waals surface area contributed by atoms with Gasteiger partial charge in [-0.15, -0.1) is 10.2 Å². The highest BCUT2D eigenvalue weighted by Gasteiger charge is 2.30. The molecule has 0 N–H and O–H groups in total. The lowest BCUT2D eigenvalue weighted by Gasteiger charge is -2.26. The summed E-state index contributed by atoms with van der Waals surface area (Å²) in [4.78, 5) is 2.34. The second-order valence-electron chi connectivity index (χ2n) is 7.44. The van der Waals surface area contributed by atoms with Gasteiger partial charge in [-0.25, -0.2) is 0 Å². The molecule has 164 valence electrons. The molecule has 0 saturated heterocycles. The van der Waals surface area contributed by atoms with Crippen LogP contribution in [0.5, 0.6) is 0 Å². The fourth-order valence-electron chi connectivity index (χ4n) is 3.61. The first-order chi connectivity index (χ1) is 14.9. The van der Waals surface area contributed by atoms with Crippen LogP contribution in [0.1, 0.15) is 24.0 Å². The van der Waals surface area contributed by atoms with Crippen LogP contribution in [0.4, 0.5) is 13.2 Å². The molecule has 4 rings (SSSR count). The molecule has 3 aromatic rings. The van der Waals surface area contributed by atoms with Crippen molar-refractivity contribution in [3.63, 3.8) is 0 Å². The Morgan fingerprint density at radius 3 is 2.74 bits per heavy atom. The van der Waals surface area contributed by atoms with Crippen molar-refractivity contribution >= 4 is 28.7 Å². The number of hydrogen-bond donors (Lipinski definition) is 0. The third-order valence-electron chi connectivity index (χ3n) is 5.32. The molecule has 0 bridgehead atoms. The maximum absolute atomic E-state index is 13.0. The molecule has 1 aliphatic rings. The van der Waals surface area contributed by atoms with Crippen molar-refractivity contribution in [3.8, 4) is 11.4 Å². The van der Waals surface area contributed by atoms with Crippen molar-refractivity contribution in [3.05, 3.63) is 58.3 Å². The molecule has 0 saturated carbocycles. The van der Waals surface area contributed by atoms with E-state index in [0.29, 0.717) is 5.56 Å². The highest BCUT2D eigenvalue weighted by molar-refractivity contribution is 7.99. The molecular weight excluding hydrogens is 441 g/mol. The lowest BCUT2D eigenvalue weighted by atomic mass is 9.97. The average Bonchev–Trinajstić information content (AvgIpc) is 3.41. The molecule has 0 aliphatic carbocycles. The fraction of sp³-hybridized carbons (Fsp3) is 0.364. The van der Waals surface area contributed by atoms with Gasteiger partial charge in [0.05, 0.1) is 5.56 Å². The van der Waals surface area contributed by atoms with Crippen LogP contribution in [-0.2, 0) is 13.2 Å². The van der Waals surface area contributed by atoms with Gasteiger partial charge >= 0.3 is 6.18 Å². The van der Waals surface area contributed by atoms with E-state index in [0.717, 1.165) is 66.4 Å². The van der Waals surface area contributed by atoms with Gasteiger partial charge in [-0.2, -0.15) is 24.5 Å². The summed E-state index contributed by atoms with van der Waals surface area (Å²) in [6.45, 7) is 2.58. The maximum Gasteiger partial charge on any atom is 0.416 e. The zero-order chi connectivity index (χ0) is 21.8. The van der Waals surface area contributed by atoms with Gasteiger partial charge in [-0.1, -0.05) is 30.0 Å². The lowest BCUT2D eigenvalue weighted by Crippen LogP contribution is -2.29. The molecular formula is C22H23F3N4S2. The van der Waals surface area contributed by atoms with E-state index >= 15 is 0 Å². The first kappa shape index (κ1) is 22.1. The molecule has 3 heterocycles. The Kier molecular flexibility index (Phi) is 6.83. The Bertz CT molecular complexity index is 1040. The number of thiophene rings is 1. The third kappa shape index (κ3) is 5.39. The Morgan fingerprint density at radius 2 is 2.03 bits per heavy atom. The number of alkyl halides is 3. The van der Waals surface area contributed by atoms with E-state index in [1.807, 2.05) is 23.1 Å². The summed E-state index contributed by atoms with van der Waals surface area (Å²) in [5.74, 6) is 1.82. The predicted octanol–water partition coefficient (Wildman–Crippen LogP) is 5.83. The summed E-state index contributed by atoms with van der Waals surface area (Å²) < 4.78 is 40.9. The lowest BCUT2D eigenvalue weighted by molar-refractivity contribution is -0.137. The molecule has 9 heteroatoms. The second kappa shape index (κ2) is 9.58. The number of aromatic nitrogens is 3. The number of thioether (sulfide) groups is 1. The third-order valence-corrected chi connectivity index (χ3v) is 7.11. The van der Waals surface area contributed by atoms with Crippen LogP contribution in [0, 0.1) is 0 Å². The molecule has 2 aromatic heterocycles. The number of benzene rings is 1. The van der Waals surface area contributed by atoms with Crippen LogP contribution in [-0.4, -0.2) is 45.1 Å². The smallest absolute Gasteiger partial charge is 0.305 e. The summed E-state index contributed by atoms with van der Waals surface area (Å²) in [5.41, 5.74) is 2.17. The van der Waals surface area contributed by atoms with Crippen molar-refractivity contribution < 1.29 is 13.2 Å². The molecule has 1 aromatic carbocycles. The van der Waals surface area contributed by atoms with E-state index in [4.69, 9.17) is 0 Å². The van der Waals surface area contributed by atoms with Crippen molar-refractivity contribution in [2.45, 2.75) is 24.2 Å². The van der Waals surface area contributed by atoms with Gasteiger partial charge in [0.25, 0.3) is 0 Å². The monoisotopic (exact) mass is 464 g/mol. The van der Waals surface area contributed by atoms with Gasteiger partial charge < -0.3 is 4.57 Å². The van der Waals surface area contributed by atoms with Crippen molar-refractivity contribution in [1.29, 1.82) is 0 Å². The average molecular weight is 465 g/mol. The van der Waals surface area contributed by atoms with Gasteiger partial charge in [0, 0.05) is 36.8 Å². The molecule has 31 heavy (non-hydrogen) atoms. The van der Waals surface area contributed by atoms with Crippen LogP contribution in [0.15, 0.2) is 52.3 Å². The van der Waals surface area contributed by atoms with E-state index < -0.39 is 11.7 Å². The van der Waals surface area contributed by atoms with E-state index in [2.05, 4.69) is 26.6 Å². The molecule has 0 atom stereocenters. The Balaban J connectivity index is 1.25.